The molecular weight excluding hydrogens is 254 g/mol. The number of ether oxygens (including phenoxy) is 1. The van der Waals surface area contributed by atoms with Gasteiger partial charge in [-0.05, 0) is 34.4 Å². The monoisotopic (exact) mass is 275 g/mol. The summed E-state index contributed by atoms with van der Waals surface area (Å²) < 4.78 is 7.16. The van der Waals surface area contributed by atoms with Crippen LogP contribution in [0.5, 0.6) is 5.75 Å². The third kappa shape index (κ3) is 2.74. The van der Waals surface area contributed by atoms with Crippen molar-refractivity contribution >= 4 is 5.69 Å². The number of nitrogens with two attached hydrogens (primary N) is 1. The van der Waals surface area contributed by atoms with Crippen LogP contribution in [-0.4, -0.2) is 27.3 Å². The minimum Gasteiger partial charge on any atom is -0.496 e. The fraction of sp³-hybridized carbons (Fsp3) is 0.500. The van der Waals surface area contributed by atoms with Crippen molar-refractivity contribution in [1.82, 2.24) is 20.2 Å². The number of hydrogen-bond acceptors (Lipinski definition) is 5. The lowest BCUT2D eigenvalue weighted by Gasteiger charge is -2.17. The van der Waals surface area contributed by atoms with E-state index in [-0.39, 0.29) is 0 Å². The lowest BCUT2D eigenvalue weighted by molar-refractivity contribution is 0.346. The van der Waals surface area contributed by atoms with Crippen LogP contribution in [0, 0.1) is 11.8 Å². The molecule has 0 aliphatic heterocycles. The molecule has 0 aliphatic rings. The summed E-state index contributed by atoms with van der Waals surface area (Å²) >= 11 is 0. The Morgan fingerprint density at radius 1 is 1.30 bits per heavy atom. The normalized spacial score (nSPS) is 12.7. The van der Waals surface area contributed by atoms with E-state index in [1.807, 2.05) is 18.2 Å². The van der Waals surface area contributed by atoms with E-state index in [9.17, 15) is 0 Å². The molecular formula is C14H21N5O. The minimum atomic E-state index is 0.466. The predicted molar refractivity (Wildman–Crippen MR) is 78.2 cm³/mol. The molecule has 6 heteroatoms. The highest BCUT2D eigenvalue weighted by Gasteiger charge is 2.19. The molecule has 1 atom stereocenters. The summed E-state index contributed by atoms with van der Waals surface area (Å²) in [5.74, 6) is 2.35. The largest absolute Gasteiger partial charge is 0.496 e. The second-order valence-electron chi connectivity index (χ2n) is 5.33. The molecule has 2 N–H and O–H groups in total. The number of nitrogen functional groups attached to an aromatic ring is 1. The molecule has 1 heterocycles. The smallest absolute Gasteiger partial charge is 0.187 e. The van der Waals surface area contributed by atoms with Gasteiger partial charge in [-0.15, -0.1) is 5.10 Å². The number of rotatable bonds is 5. The summed E-state index contributed by atoms with van der Waals surface area (Å²) in [5.41, 5.74) is 7.41. The molecule has 0 radical (unpaired) electrons. The SMILES string of the molecule is COc1cccc(N)c1-c1nnnn1CC(C)C(C)C. The summed E-state index contributed by atoms with van der Waals surface area (Å²) in [7, 11) is 1.61. The first-order valence-corrected chi connectivity index (χ1v) is 6.73. The number of tetrazole rings is 1. The van der Waals surface area contributed by atoms with Gasteiger partial charge in [-0.3, -0.25) is 0 Å². The van der Waals surface area contributed by atoms with Gasteiger partial charge in [-0.2, -0.15) is 0 Å². The van der Waals surface area contributed by atoms with Crippen molar-refractivity contribution in [3.05, 3.63) is 18.2 Å². The molecule has 0 saturated carbocycles. The Bertz CT molecular complexity index is 579. The van der Waals surface area contributed by atoms with Crippen LogP contribution in [0.25, 0.3) is 11.4 Å². The average Bonchev–Trinajstić information content (AvgIpc) is 2.86. The van der Waals surface area contributed by atoms with Crippen molar-refractivity contribution in [1.29, 1.82) is 0 Å². The molecule has 0 spiro atoms. The molecule has 0 saturated heterocycles. The zero-order valence-corrected chi connectivity index (χ0v) is 12.4. The van der Waals surface area contributed by atoms with Gasteiger partial charge in [0.25, 0.3) is 0 Å². The molecule has 2 rings (SSSR count). The minimum absolute atomic E-state index is 0.466. The van der Waals surface area contributed by atoms with Crippen LogP contribution in [0.15, 0.2) is 18.2 Å². The van der Waals surface area contributed by atoms with Gasteiger partial charge < -0.3 is 10.5 Å². The van der Waals surface area contributed by atoms with Crippen LogP contribution in [0.3, 0.4) is 0 Å². The zero-order valence-electron chi connectivity index (χ0n) is 12.4. The van der Waals surface area contributed by atoms with Gasteiger partial charge in [-0.25, -0.2) is 4.68 Å². The molecule has 0 aliphatic carbocycles. The zero-order chi connectivity index (χ0) is 14.7. The first-order chi connectivity index (χ1) is 9.54. The van der Waals surface area contributed by atoms with Crippen molar-refractivity contribution in [2.75, 3.05) is 12.8 Å². The van der Waals surface area contributed by atoms with Crippen LogP contribution in [0.1, 0.15) is 20.8 Å². The molecule has 20 heavy (non-hydrogen) atoms. The Hall–Kier alpha value is -2.11. The van der Waals surface area contributed by atoms with Gasteiger partial charge >= 0.3 is 0 Å². The lowest BCUT2D eigenvalue weighted by atomic mass is 9.98. The van der Waals surface area contributed by atoms with E-state index in [0.717, 1.165) is 12.1 Å². The van der Waals surface area contributed by atoms with Crippen LogP contribution in [0.2, 0.25) is 0 Å². The number of aromatic nitrogens is 4. The van der Waals surface area contributed by atoms with E-state index in [1.54, 1.807) is 11.8 Å². The predicted octanol–water partition coefficient (Wildman–Crippen LogP) is 2.22. The number of anilines is 1. The summed E-state index contributed by atoms with van der Waals surface area (Å²) in [6, 6.07) is 5.53. The molecule has 108 valence electrons. The highest BCUT2D eigenvalue weighted by molar-refractivity contribution is 5.77. The van der Waals surface area contributed by atoms with E-state index in [4.69, 9.17) is 10.5 Å². The maximum absolute atomic E-state index is 6.06. The molecule has 0 bridgehead atoms. The number of hydrogen-bond donors (Lipinski definition) is 1. The van der Waals surface area contributed by atoms with Gasteiger partial charge in [0.15, 0.2) is 5.82 Å². The average molecular weight is 275 g/mol. The maximum Gasteiger partial charge on any atom is 0.187 e. The maximum atomic E-state index is 6.06. The van der Waals surface area contributed by atoms with E-state index < -0.39 is 0 Å². The molecule has 1 aromatic heterocycles. The summed E-state index contributed by atoms with van der Waals surface area (Å²) in [6.07, 6.45) is 0. The number of nitrogens with zero attached hydrogens (tertiary/aromatic N) is 4. The van der Waals surface area contributed by atoms with Gasteiger partial charge in [0, 0.05) is 12.2 Å². The van der Waals surface area contributed by atoms with Crippen molar-refractivity contribution in [2.45, 2.75) is 27.3 Å². The van der Waals surface area contributed by atoms with Crippen LogP contribution >= 0.6 is 0 Å². The Kier molecular flexibility index (Phi) is 4.22. The topological polar surface area (TPSA) is 78.8 Å². The second kappa shape index (κ2) is 5.90. The van der Waals surface area contributed by atoms with Crippen molar-refractivity contribution < 1.29 is 4.74 Å². The van der Waals surface area contributed by atoms with Crippen molar-refractivity contribution in [3.8, 4) is 17.1 Å². The van der Waals surface area contributed by atoms with Crippen LogP contribution < -0.4 is 10.5 Å². The highest BCUT2D eigenvalue weighted by Crippen LogP contribution is 2.33. The van der Waals surface area contributed by atoms with Gasteiger partial charge in [0.2, 0.25) is 0 Å². The summed E-state index contributed by atoms with van der Waals surface area (Å²) in [6.45, 7) is 7.30. The van der Waals surface area contributed by atoms with Gasteiger partial charge in [0.05, 0.1) is 12.7 Å². The summed E-state index contributed by atoms with van der Waals surface area (Å²) in [4.78, 5) is 0. The fourth-order valence-corrected chi connectivity index (χ4v) is 1.95. The van der Waals surface area contributed by atoms with Crippen LogP contribution in [-0.2, 0) is 6.54 Å². The van der Waals surface area contributed by atoms with Crippen LogP contribution in [0.4, 0.5) is 5.69 Å². The third-order valence-corrected chi connectivity index (χ3v) is 3.63. The van der Waals surface area contributed by atoms with E-state index in [2.05, 4.69) is 36.3 Å². The number of benzene rings is 1. The second-order valence-corrected chi connectivity index (χ2v) is 5.33. The fourth-order valence-electron chi connectivity index (χ4n) is 1.95. The lowest BCUT2D eigenvalue weighted by Crippen LogP contribution is -2.15. The van der Waals surface area contributed by atoms with Gasteiger partial charge in [-0.1, -0.05) is 26.8 Å². The molecule has 0 fully saturated rings. The van der Waals surface area contributed by atoms with Crippen molar-refractivity contribution in [3.63, 3.8) is 0 Å². The van der Waals surface area contributed by atoms with Crippen molar-refractivity contribution in [2.24, 2.45) is 11.8 Å². The Morgan fingerprint density at radius 3 is 2.70 bits per heavy atom. The molecule has 1 unspecified atom stereocenters. The first-order valence-electron chi connectivity index (χ1n) is 6.73. The van der Waals surface area contributed by atoms with E-state index >= 15 is 0 Å². The van der Waals surface area contributed by atoms with E-state index in [1.165, 1.54) is 0 Å². The standard InChI is InChI=1S/C14H21N5O/c1-9(2)10(3)8-19-14(16-17-18-19)13-11(15)6-5-7-12(13)20-4/h5-7,9-10H,8,15H2,1-4H3. The first kappa shape index (κ1) is 14.3. The molecule has 0 amide bonds. The Balaban J connectivity index is 2.42. The molecule has 2 aromatic rings. The Morgan fingerprint density at radius 2 is 2.05 bits per heavy atom. The highest BCUT2D eigenvalue weighted by atomic mass is 16.5. The Labute approximate surface area is 118 Å². The molecule has 1 aromatic carbocycles. The molecule has 6 nitrogen and oxygen atoms in total. The van der Waals surface area contributed by atoms with E-state index in [0.29, 0.717) is 29.1 Å². The summed E-state index contributed by atoms with van der Waals surface area (Å²) in [5, 5.41) is 12.0. The number of methoxy groups -OCH3 is 1. The quantitative estimate of drug-likeness (QED) is 0.846. The third-order valence-electron chi connectivity index (χ3n) is 3.63. The van der Waals surface area contributed by atoms with Gasteiger partial charge in [0.1, 0.15) is 5.75 Å².